The van der Waals surface area contributed by atoms with Crippen LogP contribution in [0, 0.1) is 6.92 Å². The quantitative estimate of drug-likeness (QED) is 0.670. The Balaban J connectivity index is 3.01. The maximum atomic E-state index is 8.75. The number of aliphatic hydroxyl groups is 1. The smallest absolute Gasteiger partial charge is 0.134 e. The van der Waals surface area contributed by atoms with Gasteiger partial charge in [0.25, 0.3) is 0 Å². The molecule has 0 saturated heterocycles. The van der Waals surface area contributed by atoms with Gasteiger partial charge in [-0.05, 0) is 6.92 Å². The summed E-state index contributed by atoms with van der Waals surface area (Å²) >= 11 is 0. The van der Waals surface area contributed by atoms with Gasteiger partial charge in [-0.3, -0.25) is 0 Å². The van der Waals surface area contributed by atoms with Gasteiger partial charge in [-0.2, -0.15) is 0 Å². The van der Waals surface area contributed by atoms with E-state index in [1.165, 1.54) is 0 Å². The molecular weight excluding hydrogens is 192 g/mol. The third kappa shape index (κ3) is 2.79. The Hall–Kier alpha value is -1.36. The van der Waals surface area contributed by atoms with Gasteiger partial charge in [-0.1, -0.05) is 6.92 Å². The second-order valence-corrected chi connectivity index (χ2v) is 3.22. The van der Waals surface area contributed by atoms with Gasteiger partial charge >= 0.3 is 0 Å². The molecule has 0 aromatic carbocycles. The Morgan fingerprint density at radius 3 is 2.47 bits per heavy atom. The van der Waals surface area contributed by atoms with Crippen LogP contribution in [0.4, 0.5) is 11.6 Å². The summed E-state index contributed by atoms with van der Waals surface area (Å²) in [5, 5.41) is 14.9. The first kappa shape index (κ1) is 11.7. The van der Waals surface area contributed by atoms with Crippen LogP contribution in [0.1, 0.15) is 18.3 Å². The van der Waals surface area contributed by atoms with E-state index >= 15 is 0 Å². The first-order chi connectivity index (χ1) is 7.22. The average molecular weight is 210 g/mol. The molecule has 0 amide bonds. The number of hydrogen-bond acceptors (Lipinski definition) is 5. The van der Waals surface area contributed by atoms with Crippen molar-refractivity contribution in [1.29, 1.82) is 0 Å². The molecule has 0 aliphatic carbocycles. The molecule has 0 atom stereocenters. The molecule has 1 aromatic rings. The summed E-state index contributed by atoms with van der Waals surface area (Å²) in [5.41, 5.74) is 0.975. The average Bonchev–Trinajstić information content (AvgIpc) is 2.27. The number of aliphatic hydroxyl groups excluding tert-OH is 1. The Labute approximate surface area is 90.0 Å². The van der Waals surface area contributed by atoms with Gasteiger partial charge in [0.05, 0.1) is 6.61 Å². The van der Waals surface area contributed by atoms with E-state index in [-0.39, 0.29) is 6.61 Å². The number of hydrogen-bond donors (Lipinski definition) is 3. The highest BCUT2D eigenvalue weighted by molar-refractivity contribution is 5.56. The Morgan fingerprint density at radius 2 is 1.93 bits per heavy atom. The zero-order valence-electron chi connectivity index (χ0n) is 9.46. The molecule has 0 aliphatic heterocycles. The number of nitrogens with zero attached hydrogens (tertiary/aromatic N) is 2. The van der Waals surface area contributed by atoms with Crippen molar-refractivity contribution < 1.29 is 5.11 Å². The molecule has 15 heavy (non-hydrogen) atoms. The second kappa shape index (κ2) is 5.50. The van der Waals surface area contributed by atoms with Gasteiger partial charge in [0.2, 0.25) is 0 Å². The lowest BCUT2D eigenvalue weighted by Gasteiger charge is -2.12. The van der Waals surface area contributed by atoms with E-state index < -0.39 is 0 Å². The molecule has 1 aromatic heterocycles. The molecule has 0 fully saturated rings. The summed E-state index contributed by atoms with van der Waals surface area (Å²) in [4.78, 5) is 8.72. The van der Waals surface area contributed by atoms with Crippen LogP contribution in [-0.2, 0) is 6.42 Å². The Kier molecular flexibility index (Phi) is 4.30. The molecule has 3 N–H and O–H groups in total. The number of aryl methyl sites for hydroxylation is 1. The van der Waals surface area contributed by atoms with Crippen molar-refractivity contribution >= 4 is 11.6 Å². The van der Waals surface area contributed by atoms with Crippen molar-refractivity contribution in [2.45, 2.75) is 20.3 Å². The predicted molar refractivity (Wildman–Crippen MR) is 61.3 cm³/mol. The normalized spacial score (nSPS) is 10.1. The molecule has 0 saturated carbocycles. The van der Waals surface area contributed by atoms with E-state index in [2.05, 4.69) is 20.6 Å². The fourth-order valence-corrected chi connectivity index (χ4v) is 1.31. The highest BCUT2D eigenvalue weighted by Crippen LogP contribution is 2.19. The van der Waals surface area contributed by atoms with Crippen molar-refractivity contribution in [2.75, 3.05) is 30.8 Å². The Morgan fingerprint density at radius 1 is 1.27 bits per heavy atom. The molecule has 84 valence electrons. The lowest BCUT2D eigenvalue weighted by molar-refractivity contribution is 0.311. The first-order valence-electron chi connectivity index (χ1n) is 5.12. The van der Waals surface area contributed by atoms with E-state index in [4.69, 9.17) is 5.11 Å². The summed E-state index contributed by atoms with van der Waals surface area (Å²) in [5.74, 6) is 2.42. The SMILES string of the molecule is CCc1nc(NC)c(C)c(NCCO)n1. The highest BCUT2D eigenvalue weighted by Gasteiger charge is 2.08. The summed E-state index contributed by atoms with van der Waals surface area (Å²) in [6, 6.07) is 0. The molecule has 1 rings (SSSR count). The van der Waals surface area contributed by atoms with Crippen LogP contribution in [0.3, 0.4) is 0 Å². The fraction of sp³-hybridized carbons (Fsp3) is 0.600. The number of aromatic nitrogens is 2. The summed E-state index contributed by atoms with van der Waals surface area (Å²) < 4.78 is 0. The highest BCUT2D eigenvalue weighted by atomic mass is 16.3. The molecule has 0 radical (unpaired) electrons. The van der Waals surface area contributed by atoms with Crippen LogP contribution in [0.15, 0.2) is 0 Å². The van der Waals surface area contributed by atoms with Crippen molar-refractivity contribution in [3.8, 4) is 0 Å². The molecule has 1 heterocycles. The van der Waals surface area contributed by atoms with Crippen molar-refractivity contribution in [3.63, 3.8) is 0 Å². The van der Waals surface area contributed by atoms with E-state index in [0.717, 1.165) is 29.4 Å². The van der Waals surface area contributed by atoms with Gasteiger partial charge < -0.3 is 15.7 Å². The van der Waals surface area contributed by atoms with Crippen LogP contribution in [0.2, 0.25) is 0 Å². The summed E-state index contributed by atoms with van der Waals surface area (Å²) in [6.45, 7) is 4.56. The molecule has 5 heteroatoms. The van der Waals surface area contributed by atoms with E-state index in [1.54, 1.807) is 0 Å². The van der Waals surface area contributed by atoms with Crippen molar-refractivity contribution in [1.82, 2.24) is 9.97 Å². The number of anilines is 2. The monoisotopic (exact) mass is 210 g/mol. The minimum Gasteiger partial charge on any atom is -0.395 e. The van der Waals surface area contributed by atoms with Gasteiger partial charge in [-0.15, -0.1) is 0 Å². The third-order valence-electron chi connectivity index (χ3n) is 2.15. The molecule has 0 aliphatic rings. The van der Waals surface area contributed by atoms with Crippen LogP contribution in [0.5, 0.6) is 0 Å². The second-order valence-electron chi connectivity index (χ2n) is 3.22. The summed E-state index contributed by atoms with van der Waals surface area (Å²) in [7, 11) is 1.84. The molecule has 0 spiro atoms. The molecule has 5 nitrogen and oxygen atoms in total. The van der Waals surface area contributed by atoms with Crippen molar-refractivity contribution in [2.24, 2.45) is 0 Å². The lowest BCUT2D eigenvalue weighted by Crippen LogP contribution is -2.12. The van der Waals surface area contributed by atoms with Crippen LogP contribution < -0.4 is 10.6 Å². The van der Waals surface area contributed by atoms with Gasteiger partial charge in [0.15, 0.2) is 0 Å². The van der Waals surface area contributed by atoms with Crippen molar-refractivity contribution in [3.05, 3.63) is 11.4 Å². The van der Waals surface area contributed by atoms with E-state index in [0.29, 0.717) is 6.54 Å². The largest absolute Gasteiger partial charge is 0.395 e. The van der Waals surface area contributed by atoms with Gasteiger partial charge in [0.1, 0.15) is 17.5 Å². The lowest BCUT2D eigenvalue weighted by atomic mass is 10.3. The molecular formula is C10H18N4O. The van der Waals surface area contributed by atoms with Crippen LogP contribution >= 0.6 is 0 Å². The standard InChI is InChI=1S/C10H18N4O/c1-4-8-13-9(11-3)7(2)10(14-8)12-5-6-15/h15H,4-6H2,1-3H3,(H2,11,12,13,14). The van der Waals surface area contributed by atoms with Crippen LogP contribution in [-0.4, -0.2) is 35.3 Å². The number of nitrogens with one attached hydrogen (secondary N) is 2. The topological polar surface area (TPSA) is 70.1 Å². The molecule has 0 bridgehead atoms. The third-order valence-corrected chi connectivity index (χ3v) is 2.15. The Bertz CT molecular complexity index is 327. The summed E-state index contributed by atoms with van der Waals surface area (Å²) in [6.07, 6.45) is 0.794. The van der Waals surface area contributed by atoms with E-state index in [1.807, 2.05) is 20.9 Å². The number of rotatable bonds is 5. The van der Waals surface area contributed by atoms with Gasteiger partial charge in [0, 0.05) is 25.6 Å². The maximum absolute atomic E-state index is 8.75. The predicted octanol–water partition coefficient (Wildman–Crippen LogP) is 0.793. The first-order valence-corrected chi connectivity index (χ1v) is 5.12. The molecule has 0 unspecified atom stereocenters. The minimum atomic E-state index is 0.0970. The zero-order valence-corrected chi connectivity index (χ0v) is 9.46. The minimum absolute atomic E-state index is 0.0970. The zero-order chi connectivity index (χ0) is 11.3. The fourth-order valence-electron chi connectivity index (χ4n) is 1.31. The maximum Gasteiger partial charge on any atom is 0.134 e. The van der Waals surface area contributed by atoms with Crippen LogP contribution in [0.25, 0.3) is 0 Å². The van der Waals surface area contributed by atoms with E-state index in [9.17, 15) is 0 Å². The van der Waals surface area contributed by atoms with Gasteiger partial charge in [-0.25, -0.2) is 9.97 Å².